The molecule has 0 radical (unpaired) electrons. The molecular formula is C26H33N5O2S. The minimum atomic E-state index is -3.49. The van der Waals surface area contributed by atoms with E-state index in [-0.39, 0.29) is 0 Å². The van der Waals surface area contributed by atoms with Crippen LogP contribution in [0.1, 0.15) is 31.2 Å². The highest BCUT2D eigenvalue weighted by Gasteiger charge is 2.23. The van der Waals surface area contributed by atoms with Gasteiger partial charge in [-0.1, -0.05) is 36.9 Å². The summed E-state index contributed by atoms with van der Waals surface area (Å²) in [5.41, 5.74) is 1.83. The van der Waals surface area contributed by atoms with Crippen LogP contribution in [0.5, 0.6) is 0 Å². The smallest absolute Gasteiger partial charge is 0.240 e. The normalized spacial score (nSPS) is 18.5. The van der Waals surface area contributed by atoms with E-state index in [1.165, 1.54) is 0 Å². The summed E-state index contributed by atoms with van der Waals surface area (Å²) in [7, 11) is 0.490. The number of aromatic nitrogens is 2. The third-order valence-electron chi connectivity index (χ3n) is 6.51. The van der Waals surface area contributed by atoms with Crippen LogP contribution in [0, 0.1) is 11.8 Å². The summed E-state index contributed by atoms with van der Waals surface area (Å²) in [5, 5.41) is 4.48. The summed E-state index contributed by atoms with van der Waals surface area (Å²) in [6, 6.07) is 14.8. The maximum atomic E-state index is 12.6. The quantitative estimate of drug-likeness (QED) is 0.469. The maximum Gasteiger partial charge on any atom is 0.240 e. The Labute approximate surface area is 202 Å². The summed E-state index contributed by atoms with van der Waals surface area (Å²) in [4.78, 5) is 11.7. The van der Waals surface area contributed by atoms with Crippen molar-refractivity contribution in [3.05, 3.63) is 60.7 Å². The van der Waals surface area contributed by atoms with Gasteiger partial charge in [-0.2, -0.15) is 4.98 Å². The fourth-order valence-electron chi connectivity index (χ4n) is 4.45. The average Bonchev–Trinajstić information content (AvgIpc) is 2.86. The van der Waals surface area contributed by atoms with Gasteiger partial charge >= 0.3 is 0 Å². The molecule has 4 rings (SSSR count). The molecule has 0 spiro atoms. The van der Waals surface area contributed by atoms with Crippen LogP contribution in [-0.4, -0.2) is 45.6 Å². The fraction of sp³-hybridized carbons (Fsp3) is 0.385. The van der Waals surface area contributed by atoms with Crippen molar-refractivity contribution in [2.24, 2.45) is 11.8 Å². The van der Waals surface area contributed by atoms with Crippen molar-refractivity contribution >= 4 is 38.8 Å². The van der Waals surface area contributed by atoms with E-state index >= 15 is 0 Å². The van der Waals surface area contributed by atoms with Crippen LogP contribution >= 0.6 is 0 Å². The standard InChI is InChI=1S/C26H33N5O2S/c1-4-19-13-15-22(16-14-19)34(32,33)28-18-21-11-9-20(10-12-21)17-27-26-29-24-8-6-5-7-23(24)25(30-26)31(2)3/h4-8,13-16,20-21,28H,1,9-12,17-18H2,2-3H3,(H,27,29,30)/t20-,21-. The predicted octanol–water partition coefficient (Wildman–Crippen LogP) is 4.54. The Morgan fingerprint density at radius 1 is 0.971 bits per heavy atom. The Bertz CT molecular complexity index is 1230. The van der Waals surface area contributed by atoms with Gasteiger partial charge in [0, 0.05) is 32.6 Å². The monoisotopic (exact) mass is 479 g/mol. The molecule has 8 heteroatoms. The van der Waals surface area contributed by atoms with Crippen molar-refractivity contribution in [2.75, 3.05) is 37.4 Å². The zero-order valence-corrected chi connectivity index (χ0v) is 20.7. The Morgan fingerprint density at radius 2 is 1.62 bits per heavy atom. The molecule has 1 aliphatic carbocycles. The SMILES string of the molecule is C=Cc1ccc(S(=O)(=O)NC[C@H]2CC[C@H](CNc3nc(N(C)C)c4ccccc4n3)CC2)cc1. The summed E-state index contributed by atoms with van der Waals surface area (Å²) in [6.07, 6.45) is 5.82. The van der Waals surface area contributed by atoms with Crippen LogP contribution < -0.4 is 14.9 Å². The lowest BCUT2D eigenvalue weighted by molar-refractivity contribution is 0.284. The van der Waals surface area contributed by atoms with Crippen LogP contribution in [0.4, 0.5) is 11.8 Å². The minimum Gasteiger partial charge on any atom is -0.362 e. The van der Waals surface area contributed by atoms with E-state index in [0.717, 1.165) is 54.5 Å². The number of hydrogen-bond acceptors (Lipinski definition) is 6. The molecule has 0 amide bonds. The van der Waals surface area contributed by atoms with Gasteiger partial charge in [0.05, 0.1) is 10.4 Å². The summed E-state index contributed by atoms with van der Waals surface area (Å²) < 4.78 is 28.0. The fourth-order valence-corrected chi connectivity index (χ4v) is 5.57. The molecule has 2 aromatic carbocycles. The van der Waals surface area contributed by atoms with Crippen molar-refractivity contribution in [2.45, 2.75) is 30.6 Å². The van der Waals surface area contributed by atoms with Gasteiger partial charge in [-0.15, -0.1) is 0 Å². The Morgan fingerprint density at radius 3 is 2.26 bits per heavy atom. The molecule has 0 atom stereocenters. The van der Waals surface area contributed by atoms with E-state index in [9.17, 15) is 8.42 Å². The first-order valence-electron chi connectivity index (χ1n) is 11.8. The average molecular weight is 480 g/mol. The molecule has 1 aliphatic rings. The molecule has 3 aromatic rings. The summed E-state index contributed by atoms with van der Waals surface area (Å²) in [6.45, 7) is 5.00. The number of hydrogen-bond donors (Lipinski definition) is 2. The summed E-state index contributed by atoms with van der Waals surface area (Å²) >= 11 is 0. The molecule has 0 bridgehead atoms. The second-order valence-corrected chi connectivity index (χ2v) is 10.9. The van der Waals surface area contributed by atoms with Crippen LogP contribution in [0.15, 0.2) is 60.0 Å². The largest absolute Gasteiger partial charge is 0.362 e. The minimum absolute atomic E-state index is 0.295. The first-order chi connectivity index (χ1) is 16.4. The van der Waals surface area contributed by atoms with Crippen LogP contribution in [0.3, 0.4) is 0 Å². The number of rotatable bonds is 9. The third kappa shape index (κ3) is 5.74. The number of para-hydroxylation sites is 1. The molecule has 0 unspecified atom stereocenters. The molecule has 0 aliphatic heterocycles. The molecule has 2 N–H and O–H groups in total. The van der Waals surface area contributed by atoms with Gasteiger partial charge in [-0.3, -0.25) is 0 Å². The molecule has 1 heterocycles. The van der Waals surface area contributed by atoms with Gasteiger partial charge < -0.3 is 10.2 Å². The Balaban J connectivity index is 1.28. The molecule has 1 fully saturated rings. The van der Waals surface area contributed by atoms with Gasteiger partial charge in [-0.05, 0) is 67.3 Å². The van der Waals surface area contributed by atoms with E-state index in [2.05, 4.69) is 21.6 Å². The predicted molar refractivity (Wildman–Crippen MR) is 140 cm³/mol. The van der Waals surface area contributed by atoms with E-state index in [0.29, 0.717) is 29.2 Å². The van der Waals surface area contributed by atoms with Crippen molar-refractivity contribution in [3.8, 4) is 0 Å². The van der Waals surface area contributed by atoms with Crippen LogP contribution in [0.25, 0.3) is 17.0 Å². The van der Waals surface area contributed by atoms with Gasteiger partial charge in [0.2, 0.25) is 16.0 Å². The van der Waals surface area contributed by atoms with Gasteiger partial charge in [0.25, 0.3) is 0 Å². The Hall–Kier alpha value is -2.97. The first-order valence-corrected chi connectivity index (χ1v) is 13.2. The second kappa shape index (κ2) is 10.5. The lowest BCUT2D eigenvalue weighted by Crippen LogP contribution is -2.32. The number of benzene rings is 2. The highest BCUT2D eigenvalue weighted by molar-refractivity contribution is 7.89. The number of sulfonamides is 1. The van der Waals surface area contributed by atoms with Crippen molar-refractivity contribution in [1.29, 1.82) is 0 Å². The third-order valence-corrected chi connectivity index (χ3v) is 7.95. The molecule has 180 valence electrons. The van der Waals surface area contributed by atoms with E-state index in [1.807, 2.05) is 43.3 Å². The molecule has 7 nitrogen and oxygen atoms in total. The number of nitrogens with zero attached hydrogens (tertiary/aromatic N) is 3. The lowest BCUT2D eigenvalue weighted by Gasteiger charge is -2.28. The van der Waals surface area contributed by atoms with Crippen molar-refractivity contribution in [3.63, 3.8) is 0 Å². The van der Waals surface area contributed by atoms with Crippen molar-refractivity contribution in [1.82, 2.24) is 14.7 Å². The van der Waals surface area contributed by atoms with E-state index in [4.69, 9.17) is 4.98 Å². The van der Waals surface area contributed by atoms with Gasteiger partial charge in [0.15, 0.2) is 0 Å². The molecule has 1 aromatic heterocycles. The van der Waals surface area contributed by atoms with E-state index < -0.39 is 10.0 Å². The highest BCUT2D eigenvalue weighted by Crippen LogP contribution is 2.29. The number of fused-ring (bicyclic) bond motifs is 1. The molecular weight excluding hydrogens is 446 g/mol. The number of anilines is 2. The number of nitrogens with one attached hydrogen (secondary N) is 2. The zero-order valence-electron chi connectivity index (χ0n) is 19.9. The Kier molecular flexibility index (Phi) is 7.48. The van der Waals surface area contributed by atoms with Crippen molar-refractivity contribution < 1.29 is 8.42 Å². The molecule has 34 heavy (non-hydrogen) atoms. The molecule has 0 saturated heterocycles. The molecule has 1 saturated carbocycles. The highest BCUT2D eigenvalue weighted by atomic mass is 32.2. The van der Waals surface area contributed by atoms with Crippen LogP contribution in [0.2, 0.25) is 0 Å². The maximum absolute atomic E-state index is 12.6. The van der Waals surface area contributed by atoms with Gasteiger partial charge in [-0.25, -0.2) is 18.1 Å². The topological polar surface area (TPSA) is 87.2 Å². The summed E-state index contributed by atoms with van der Waals surface area (Å²) in [5.74, 6) is 2.44. The van der Waals surface area contributed by atoms with E-state index in [1.54, 1.807) is 30.3 Å². The first kappa shape index (κ1) is 24.2. The van der Waals surface area contributed by atoms with Crippen LogP contribution in [-0.2, 0) is 10.0 Å². The second-order valence-electron chi connectivity index (χ2n) is 9.18. The zero-order chi connectivity index (χ0) is 24.1. The lowest BCUT2D eigenvalue weighted by atomic mass is 9.82. The van der Waals surface area contributed by atoms with Gasteiger partial charge in [0.1, 0.15) is 5.82 Å².